The summed E-state index contributed by atoms with van der Waals surface area (Å²) >= 11 is 0. The Kier molecular flexibility index (Phi) is 6.66. The summed E-state index contributed by atoms with van der Waals surface area (Å²) in [6, 6.07) is -0.716. The van der Waals surface area contributed by atoms with Gasteiger partial charge in [0.05, 0.1) is 6.33 Å². The van der Waals surface area contributed by atoms with E-state index in [0.717, 1.165) is 17.4 Å². The first kappa shape index (κ1) is 18.6. The molecule has 2 rings (SSSR count). The lowest BCUT2D eigenvalue weighted by atomic mass is 10.1. The zero-order valence-corrected chi connectivity index (χ0v) is 13.2. The fourth-order valence-corrected chi connectivity index (χ4v) is 1.90. The fourth-order valence-electron chi connectivity index (χ4n) is 1.90. The van der Waals surface area contributed by atoms with Crippen molar-refractivity contribution in [3.8, 4) is 0 Å². The number of carboxylic acids is 1. The SMILES string of the molecule is Cn1c(=O)c2[nH]cnc2n(C)c1=O.NCCCCC(N)C(=O)O. The molecule has 0 aromatic carbocycles. The number of fused-ring (bicyclic) bond motifs is 1. The van der Waals surface area contributed by atoms with Gasteiger partial charge in [0.2, 0.25) is 0 Å². The van der Waals surface area contributed by atoms with Gasteiger partial charge in [-0.25, -0.2) is 9.78 Å². The van der Waals surface area contributed by atoms with E-state index in [2.05, 4.69) is 9.97 Å². The Morgan fingerprint density at radius 2 is 2.00 bits per heavy atom. The minimum Gasteiger partial charge on any atom is -0.480 e. The third kappa shape index (κ3) is 4.50. The summed E-state index contributed by atoms with van der Waals surface area (Å²) in [5.41, 5.74) is 10.4. The highest BCUT2D eigenvalue weighted by Gasteiger charge is 2.09. The highest BCUT2D eigenvalue weighted by molar-refractivity contribution is 5.72. The first-order valence-electron chi connectivity index (χ1n) is 7.08. The van der Waals surface area contributed by atoms with Gasteiger partial charge < -0.3 is 21.6 Å². The number of aliphatic carboxylic acids is 1. The number of hydrogen-bond acceptors (Lipinski definition) is 6. The van der Waals surface area contributed by atoms with Gasteiger partial charge in [0.25, 0.3) is 5.56 Å². The van der Waals surface area contributed by atoms with Crippen LogP contribution >= 0.6 is 0 Å². The van der Waals surface area contributed by atoms with Crippen LogP contribution in [-0.4, -0.2) is 42.8 Å². The van der Waals surface area contributed by atoms with Crippen LogP contribution in [0.25, 0.3) is 11.2 Å². The number of aromatic amines is 1. The first-order valence-corrected chi connectivity index (χ1v) is 7.08. The lowest BCUT2D eigenvalue weighted by Gasteiger charge is -2.03. The molecule has 128 valence electrons. The Balaban J connectivity index is 0.000000241. The van der Waals surface area contributed by atoms with Crippen molar-refractivity contribution >= 4 is 17.1 Å². The van der Waals surface area contributed by atoms with E-state index in [1.807, 2.05) is 0 Å². The molecule has 0 radical (unpaired) electrons. The molecule has 0 amide bonds. The van der Waals surface area contributed by atoms with Gasteiger partial charge in [0, 0.05) is 14.1 Å². The van der Waals surface area contributed by atoms with Crippen LogP contribution in [0.4, 0.5) is 0 Å². The Hall–Kier alpha value is -2.46. The van der Waals surface area contributed by atoms with E-state index in [1.165, 1.54) is 17.9 Å². The van der Waals surface area contributed by atoms with E-state index in [1.54, 1.807) is 7.05 Å². The molecule has 1 atom stereocenters. The van der Waals surface area contributed by atoms with E-state index in [0.29, 0.717) is 24.1 Å². The zero-order chi connectivity index (χ0) is 17.6. The molecule has 0 aliphatic heterocycles. The Morgan fingerprint density at radius 3 is 2.57 bits per heavy atom. The van der Waals surface area contributed by atoms with Gasteiger partial charge >= 0.3 is 11.7 Å². The normalized spacial score (nSPS) is 11.8. The molecule has 6 N–H and O–H groups in total. The van der Waals surface area contributed by atoms with Gasteiger partial charge in [-0.15, -0.1) is 0 Å². The number of carboxylic acid groups (broad SMARTS) is 1. The van der Waals surface area contributed by atoms with E-state index < -0.39 is 12.0 Å². The number of nitrogens with one attached hydrogen (secondary N) is 1. The first-order chi connectivity index (χ1) is 10.8. The molecule has 0 spiro atoms. The van der Waals surface area contributed by atoms with Crippen LogP contribution in [-0.2, 0) is 18.9 Å². The second kappa shape index (κ2) is 8.25. The Bertz CT molecular complexity index is 775. The summed E-state index contributed by atoms with van der Waals surface area (Å²) in [5.74, 6) is -0.933. The predicted octanol–water partition coefficient (Wildman–Crippen LogP) is -1.51. The van der Waals surface area contributed by atoms with Crippen LogP contribution in [0.3, 0.4) is 0 Å². The molecule has 2 heterocycles. The average molecular weight is 326 g/mol. The number of carbonyl (C=O) groups is 1. The largest absolute Gasteiger partial charge is 0.480 e. The second-order valence-electron chi connectivity index (χ2n) is 5.04. The molecule has 0 saturated heterocycles. The molecule has 0 aliphatic carbocycles. The summed E-state index contributed by atoms with van der Waals surface area (Å²) in [7, 11) is 3.01. The summed E-state index contributed by atoms with van der Waals surface area (Å²) in [6.07, 6.45) is 3.56. The summed E-state index contributed by atoms with van der Waals surface area (Å²) in [5, 5.41) is 8.33. The number of nitrogens with two attached hydrogens (primary N) is 2. The van der Waals surface area contributed by atoms with Crippen LogP contribution in [0.15, 0.2) is 15.9 Å². The van der Waals surface area contributed by atoms with Crippen molar-refractivity contribution in [1.82, 2.24) is 19.1 Å². The highest BCUT2D eigenvalue weighted by atomic mass is 16.4. The quantitative estimate of drug-likeness (QED) is 0.485. The van der Waals surface area contributed by atoms with Gasteiger partial charge in [-0.05, 0) is 19.4 Å². The summed E-state index contributed by atoms with van der Waals surface area (Å²) in [4.78, 5) is 39.5. The molecular weight excluding hydrogens is 304 g/mol. The number of aromatic nitrogens is 4. The molecule has 1 unspecified atom stereocenters. The van der Waals surface area contributed by atoms with Crippen LogP contribution < -0.4 is 22.7 Å². The number of H-pyrrole nitrogens is 1. The van der Waals surface area contributed by atoms with E-state index in [4.69, 9.17) is 16.6 Å². The van der Waals surface area contributed by atoms with E-state index in [-0.39, 0.29) is 11.2 Å². The van der Waals surface area contributed by atoms with Gasteiger partial charge in [-0.2, -0.15) is 0 Å². The number of unbranched alkanes of at least 4 members (excludes halogenated alkanes) is 1. The Labute approximate surface area is 131 Å². The summed E-state index contributed by atoms with van der Waals surface area (Å²) in [6.45, 7) is 0.604. The van der Waals surface area contributed by atoms with Crippen molar-refractivity contribution in [3.05, 3.63) is 27.2 Å². The van der Waals surface area contributed by atoms with Gasteiger partial charge in [0.15, 0.2) is 5.65 Å². The lowest BCUT2D eigenvalue weighted by molar-refractivity contribution is -0.138. The fraction of sp³-hybridized carbons (Fsp3) is 0.538. The molecule has 0 aliphatic rings. The third-order valence-electron chi connectivity index (χ3n) is 3.32. The van der Waals surface area contributed by atoms with E-state index in [9.17, 15) is 14.4 Å². The molecular formula is C13H22N6O4. The molecule has 2 aromatic rings. The van der Waals surface area contributed by atoms with Crippen LogP contribution in [0.1, 0.15) is 19.3 Å². The minimum atomic E-state index is -0.933. The molecule has 2 aromatic heterocycles. The highest BCUT2D eigenvalue weighted by Crippen LogP contribution is 1.97. The predicted molar refractivity (Wildman–Crippen MR) is 85.1 cm³/mol. The van der Waals surface area contributed by atoms with Gasteiger partial charge in [-0.3, -0.25) is 18.7 Å². The number of rotatable bonds is 5. The molecule has 0 bridgehead atoms. The monoisotopic (exact) mass is 326 g/mol. The minimum absolute atomic E-state index is 0.351. The molecule has 10 heteroatoms. The zero-order valence-electron chi connectivity index (χ0n) is 13.2. The van der Waals surface area contributed by atoms with Crippen LogP contribution in [0, 0.1) is 0 Å². The second-order valence-corrected chi connectivity index (χ2v) is 5.04. The topological polar surface area (TPSA) is 162 Å². The number of imidazole rings is 1. The van der Waals surface area contributed by atoms with Crippen molar-refractivity contribution in [3.63, 3.8) is 0 Å². The maximum atomic E-state index is 11.4. The maximum absolute atomic E-state index is 11.4. The average Bonchev–Trinajstić information content (AvgIpc) is 3.01. The molecule has 0 fully saturated rings. The number of nitrogens with zero attached hydrogens (tertiary/aromatic N) is 3. The molecule has 23 heavy (non-hydrogen) atoms. The standard InChI is InChI=1S/C7H8N4O2.C6H14N2O2/c1-10-5-4(8-3-9-5)6(12)11(2)7(10)13;7-4-2-1-3-5(8)6(9)10/h3H,1-2H3,(H,8,9);5H,1-4,7-8H2,(H,9,10). The van der Waals surface area contributed by atoms with Crippen molar-refractivity contribution in [2.45, 2.75) is 25.3 Å². The van der Waals surface area contributed by atoms with Gasteiger partial charge in [-0.1, -0.05) is 6.42 Å². The smallest absolute Gasteiger partial charge is 0.332 e. The third-order valence-corrected chi connectivity index (χ3v) is 3.32. The van der Waals surface area contributed by atoms with Gasteiger partial charge in [0.1, 0.15) is 11.6 Å². The van der Waals surface area contributed by atoms with Crippen LogP contribution in [0.5, 0.6) is 0 Å². The van der Waals surface area contributed by atoms with Crippen molar-refractivity contribution in [1.29, 1.82) is 0 Å². The Morgan fingerprint density at radius 1 is 1.35 bits per heavy atom. The van der Waals surface area contributed by atoms with Crippen molar-refractivity contribution in [2.75, 3.05) is 6.54 Å². The lowest BCUT2D eigenvalue weighted by Crippen LogP contribution is -2.36. The summed E-state index contributed by atoms with van der Waals surface area (Å²) < 4.78 is 2.37. The van der Waals surface area contributed by atoms with E-state index >= 15 is 0 Å². The molecule has 0 saturated carbocycles. The maximum Gasteiger partial charge on any atom is 0.332 e. The van der Waals surface area contributed by atoms with Crippen LogP contribution in [0.2, 0.25) is 0 Å². The van der Waals surface area contributed by atoms with Crippen molar-refractivity contribution in [2.24, 2.45) is 25.6 Å². The van der Waals surface area contributed by atoms with Crippen molar-refractivity contribution < 1.29 is 9.90 Å². The molecule has 10 nitrogen and oxygen atoms in total. The number of hydrogen-bond donors (Lipinski definition) is 4. The number of aryl methyl sites for hydroxylation is 1.